The van der Waals surface area contributed by atoms with E-state index in [1.807, 2.05) is 30.3 Å². The Morgan fingerprint density at radius 3 is 2.50 bits per heavy atom. The zero-order chi connectivity index (χ0) is 24.7. The lowest BCUT2D eigenvalue weighted by atomic mass is 10.1. The largest absolute Gasteiger partial charge is 0.482 e. The Morgan fingerprint density at radius 1 is 1.15 bits per heavy atom. The van der Waals surface area contributed by atoms with Crippen molar-refractivity contribution >= 4 is 40.9 Å². The molecule has 0 radical (unpaired) electrons. The van der Waals surface area contributed by atoms with Crippen LogP contribution < -0.4 is 10.1 Å². The molecule has 2 amide bonds. The molecule has 1 unspecified atom stereocenters. The van der Waals surface area contributed by atoms with E-state index in [0.717, 1.165) is 5.56 Å². The summed E-state index contributed by atoms with van der Waals surface area (Å²) >= 11 is 6.54. The molecule has 1 aliphatic rings. The molecule has 0 bridgehead atoms. The van der Waals surface area contributed by atoms with Gasteiger partial charge in [0.2, 0.25) is 5.91 Å². The van der Waals surface area contributed by atoms with E-state index >= 15 is 0 Å². The van der Waals surface area contributed by atoms with Crippen LogP contribution in [0, 0.1) is 0 Å². The minimum atomic E-state index is -1.85. The van der Waals surface area contributed by atoms with Gasteiger partial charge in [0.15, 0.2) is 12.4 Å². The first-order valence-electron chi connectivity index (χ1n) is 10.6. The van der Waals surface area contributed by atoms with Crippen LogP contribution in [0.4, 0.5) is 0 Å². The highest BCUT2D eigenvalue weighted by Crippen LogP contribution is 2.25. The topological polar surface area (TPSA) is 121 Å². The van der Waals surface area contributed by atoms with Gasteiger partial charge < -0.3 is 9.84 Å². The van der Waals surface area contributed by atoms with Crippen molar-refractivity contribution in [1.82, 2.24) is 10.2 Å². The second kappa shape index (κ2) is 11.0. The third kappa shape index (κ3) is 6.27. The van der Waals surface area contributed by atoms with Crippen molar-refractivity contribution in [2.45, 2.75) is 31.9 Å². The van der Waals surface area contributed by atoms with Crippen molar-refractivity contribution in [1.29, 1.82) is 0 Å². The number of alkyl halides is 1. The molecule has 0 saturated heterocycles. The van der Waals surface area contributed by atoms with Gasteiger partial charge in [-0.05, 0) is 25.0 Å². The van der Waals surface area contributed by atoms with Crippen LogP contribution in [0.15, 0.2) is 64.6 Å². The van der Waals surface area contributed by atoms with E-state index in [1.165, 1.54) is 11.8 Å². The molecule has 3 rings (SSSR count). The van der Waals surface area contributed by atoms with Crippen LogP contribution in [0.3, 0.4) is 0 Å². The number of amides is 2. The van der Waals surface area contributed by atoms with Crippen LogP contribution in [0.25, 0.3) is 0 Å². The number of carboxylic acids is 1. The number of hydrogen-bond donors (Lipinski definition) is 2. The lowest BCUT2D eigenvalue weighted by molar-refractivity contribution is -0.139. The Kier molecular flexibility index (Phi) is 8.14. The van der Waals surface area contributed by atoms with E-state index in [4.69, 9.17) is 21.4 Å². The number of nitrogens with one attached hydrogen (secondary N) is 1. The number of aliphatic imine (C=N–C) groups is 2. The van der Waals surface area contributed by atoms with Gasteiger partial charge in [-0.2, -0.15) is 0 Å². The number of carbonyl (C=O) groups excluding carboxylic acids is 2. The molecule has 0 spiro atoms. The van der Waals surface area contributed by atoms with Crippen LogP contribution in [-0.4, -0.2) is 57.6 Å². The Morgan fingerprint density at radius 2 is 1.82 bits per heavy atom. The summed E-state index contributed by atoms with van der Waals surface area (Å²) in [6.07, 6.45) is 0.612. The smallest absolute Gasteiger partial charge is 0.341 e. The molecule has 0 aliphatic carbocycles. The second-order valence-electron chi connectivity index (χ2n) is 7.62. The quantitative estimate of drug-likeness (QED) is 0.417. The number of amidine groups is 1. The molecule has 9 nitrogen and oxygen atoms in total. The first-order valence-corrected chi connectivity index (χ1v) is 11.0. The number of carboxylic acid groups (broad SMARTS) is 1. The first kappa shape index (κ1) is 25.1. The lowest BCUT2D eigenvalue weighted by Gasteiger charge is -2.31. The second-order valence-corrected chi connectivity index (χ2v) is 8.16. The Hall–Kier alpha value is -3.56. The number of ether oxygens (including phenoxy) is 1. The highest BCUT2D eigenvalue weighted by molar-refractivity contribution is 6.49. The fourth-order valence-electron chi connectivity index (χ4n) is 3.36. The molecule has 1 atom stereocenters. The van der Waals surface area contributed by atoms with Crippen LogP contribution >= 0.6 is 11.6 Å². The number of carbonyl (C=O) groups is 3. The van der Waals surface area contributed by atoms with Gasteiger partial charge in [0.05, 0.1) is 12.3 Å². The maximum atomic E-state index is 12.6. The van der Waals surface area contributed by atoms with Crippen LogP contribution in [0.2, 0.25) is 0 Å². The van der Waals surface area contributed by atoms with E-state index < -0.39 is 23.6 Å². The van der Waals surface area contributed by atoms with Gasteiger partial charge >= 0.3 is 11.9 Å². The lowest BCUT2D eigenvalue weighted by Crippen LogP contribution is -2.52. The van der Waals surface area contributed by atoms with Crippen molar-refractivity contribution in [3.63, 3.8) is 0 Å². The number of halogens is 1. The summed E-state index contributed by atoms with van der Waals surface area (Å²) in [6, 6.07) is 16.4. The number of aliphatic carboxylic acids is 1. The Balaban J connectivity index is 1.83. The predicted molar refractivity (Wildman–Crippen MR) is 128 cm³/mol. The van der Waals surface area contributed by atoms with Crippen molar-refractivity contribution < 1.29 is 24.2 Å². The van der Waals surface area contributed by atoms with Crippen molar-refractivity contribution in [2.75, 3.05) is 13.2 Å². The van der Waals surface area contributed by atoms with Gasteiger partial charge in [-0.3, -0.25) is 19.8 Å². The van der Waals surface area contributed by atoms with E-state index in [9.17, 15) is 14.4 Å². The predicted octanol–water partition coefficient (Wildman–Crippen LogP) is 2.62. The molecule has 0 aromatic heterocycles. The summed E-state index contributed by atoms with van der Waals surface area (Å²) in [5, 5.41) is 10.0. The molecule has 178 valence electrons. The van der Waals surface area contributed by atoms with Gasteiger partial charge in [-0.15, -0.1) is 0 Å². The maximum Gasteiger partial charge on any atom is 0.341 e. The van der Waals surface area contributed by atoms with Crippen molar-refractivity contribution in [3.8, 4) is 5.75 Å². The fraction of sp³-hybridized carbons (Fsp3) is 0.292. The summed E-state index contributed by atoms with van der Waals surface area (Å²) in [6.45, 7) is 2.77. The third-order valence-electron chi connectivity index (χ3n) is 5.04. The molecule has 0 saturated carbocycles. The van der Waals surface area contributed by atoms with E-state index in [0.29, 0.717) is 24.3 Å². The molecule has 2 aromatic carbocycles. The highest BCUT2D eigenvalue weighted by Gasteiger charge is 2.41. The average Bonchev–Trinajstić information content (AvgIpc) is 2.80. The first-order chi connectivity index (χ1) is 16.2. The van der Waals surface area contributed by atoms with Crippen molar-refractivity contribution in [2.24, 2.45) is 9.98 Å². The molecule has 1 heterocycles. The zero-order valence-corrected chi connectivity index (χ0v) is 19.6. The van der Waals surface area contributed by atoms with Gasteiger partial charge in [-0.1, -0.05) is 60.1 Å². The Bertz CT molecular complexity index is 1140. The van der Waals surface area contributed by atoms with E-state index in [-0.39, 0.29) is 24.0 Å². The van der Waals surface area contributed by atoms with Gasteiger partial charge in [0.1, 0.15) is 5.75 Å². The minimum Gasteiger partial charge on any atom is -0.482 e. The number of rotatable bonds is 9. The van der Waals surface area contributed by atoms with E-state index in [2.05, 4.69) is 15.3 Å². The fourth-order valence-corrected chi connectivity index (χ4v) is 3.58. The summed E-state index contributed by atoms with van der Waals surface area (Å²) in [5.74, 6) is -1.69. The molecule has 2 aromatic rings. The molecule has 0 fully saturated rings. The van der Waals surface area contributed by atoms with Gasteiger partial charge in [-0.25, -0.2) is 14.8 Å². The number of para-hydroxylation sites is 1. The summed E-state index contributed by atoms with van der Waals surface area (Å²) in [5.41, 5.74) is 1.86. The third-order valence-corrected chi connectivity index (χ3v) is 5.42. The number of benzene rings is 2. The Labute approximate surface area is 202 Å². The summed E-state index contributed by atoms with van der Waals surface area (Å²) in [4.78, 5) is 45.8. The molecular formula is C24H25ClN4O5. The number of nitrogens with zero attached hydrogens (tertiary/aromatic N) is 3. The highest BCUT2D eigenvalue weighted by atomic mass is 35.5. The van der Waals surface area contributed by atoms with Crippen LogP contribution in [-0.2, 0) is 27.3 Å². The zero-order valence-electron chi connectivity index (χ0n) is 18.8. The number of hydrogen-bond acceptors (Lipinski definition) is 6. The summed E-state index contributed by atoms with van der Waals surface area (Å²) in [7, 11) is 0. The molecule has 1 aliphatic heterocycles. The van der Waals surface area contributed by atoms with Crippen LogP contribution in [0.5, 0.6) is 5.75 Å². The SMILES string of the molecule is CC(=O)N(Cc1ccccc1OCC(=O)O)C1=NC(Cl)(NCCc2ccccc2)C(=O)N=C1C. The standard InChI is InChI=1S/C24H25ClN4O5/c1-16-22(28-24(25,23(33)27-16)26-13-12-18-8-4-3-5-9-18)29(17(2)30)14-19-10-6-7-11-20(19)34-15-21(31)32/h3-11,26H,12-15H2,1-2H3,(H,31,32). The van der Waals surface area contributed by atoms with Crippen LogP contribution in [0.1, 0.15) is 25.0 Å². The monoisotopic (exact) mass is 484 g/mol. The van der Waals surface area contributed by atoms with Crippen molar-refractivity contribution in [3.05, 3.63) is 65.7 Å². The maximum absolute atomic E-state index is 12.6. The summed E-state index contributed by atoms with van der Waals surface area (Å²) < 4.78 is 5.35. The van der Waals surface area contributed by atoms with E-state index in [1.54, 1.807) is 31.2 Å². The van der Waals surface area contributed by atoms with Gasteiger partial charge in [0.25, 0.3) is 5.12 Å². The molecule has 34 heavy (non-hydrogen) atoms. The molecular weight excluding hydrogens is 460 g/mol. The van der Waals surface area contributed by atoms with Gasteiger partial charge in [0, 0.05) is 19.0 Å². The molecule has 10 heteroatoms. The normalized spacial score (nSPS) is 17.6. The average molecular weight is 485 g/mol. The minimum absolute atomic E-state index is 0.0159. The molecule has 2 N–H and O–H groups in total.